The molecule has 2 aromatic carbocycles. The molecular weight excluding hydrogens is 296 g/mol. The van der Waals surface area contributed by atoms with Gasteiger partial charge in [-0.3, -0.25) is 9.59 Å². The monoisotopic (exact) mass is 314 g/mol. The van der Waals surface area contributed by atoms with Crippen LogP contribution in [0.5, 0.6) is 5.75 Å². The molecule has 2 amide bonds. The molecule has 23 heavy (non-hydrogen) atoms. The van der Waals surface area contributed by atoms with Crippen LogP contribution in [0.25, 0.3) is 10.8 Å². The first-order valence-corrected chi connectivity index (χ1v) is 7.48. The van der Waals surface area contributed by atoms with Crippen molar-refractivity contribution in [3.8, 4) is 5.75 Å². The van der Waals surface area contributed by atoms with Gasteiger partial charge in [0.15, 0.2) is 0 Å². The second-order valence-corrected chi connectivity index (χ2v) is 5.14. The number of amides is 2. The summed E-state index contributed by atoms with van der Waals surface area (Å²) in [7, 11) is 1.60. The highest BCUT2D eigenvalue weighted by Gasteiger charge is 2.33. The zero-order valence-electron chi connectivity index (χ0n) is 13.1. The molecule has 2 aromatic rings. The molecule has 0 atom stereocenters. The molecule has 3 rings (SSSR count). The number of imide groups is 1. The second kappa shape index (κ2) is 6.36. The number of carbonyl (C=O) groups is 2. The van der Waals surface area contributed by atoms with E-state index >= 15 is 0 Å². The number of ether oxygens (including phenoxy) is 2. The topological polar surface area (TPSA) is 67.9 Å². The number of hydrogen-bond donors (Lipinski definition) is 1. The maximum atomic E-state index is 12.6. The van der Waals surface area contributed by atoms with Crippen molar-refractivity contribution in [3.05, 3.63) is 41.5 Å². The fourth-order valence-corrected chi connectivity index (χ4v) is 2.73. The Morgan fingerprint density at radius 1 is 1.04 bits per heavy atom. The van der Waals surface area contributed by atoms with Crippen LogP contribution in [0.4, 0.5) is 0 Å². The SMILES string of the molecule is CCNN1C(=O)c2cccc3c(OCCOC)ccc(c23)C1=O. The maximum absolute atomic E-state index is 12.6. The van der Waals surface area contributed by atoms with Crippen molar-refractivity contribution < 1.29 is 19.1 Å². The van der Waals surface area contributed by atoms with Crippen LogP contribution in [-0.4, -0.2) is 43.7 Å². The van der Waals surface area contributed by atoms with Crippen molar-refractivity contribution in [2.75, 3.05) is 26.9 Å². The lowest BCUT2D eigenvalue weighted by molar-refractivity contribution is 0.0525. The molecule has 0 aliphatic carbocycles. The number of rotatable bonds is 6. The molecular formula is C17H18N2O4. The van der Waals surface area contributed by atoms with Gasteiger partial charge in [-0.1, -0.05) is 19.1 Å². The van der Waals surface area contributed by atoms with Gasteiger partial charge in [0.05, 0.1) is 17.7 Å². The molecule has 1 heterocycles. The predicted octanol–water partition coefficient (Wildman–Crippen LogP) is 1.99. The van der Waals surface area contributed by atoms with Crippen LogP contribution in [-0.2, 0) is 4.74 Å². The van der Waals surface area contributed by atoms with Gasteiger partial charge in [0.25, 0.3) is 11.8 Å². The van der Waals surface area contributed by atoms with Crippen LogP contribution in [0.3, 0.4) is 0 Å². The largest absolute Gasteiger partial charge is 0.491 e. The molecule has 0 spiro atoms. The standard InChI is InChI=1S/C17H18N2O4/c1-3-18-19-16(20)12-6-4-5-11-14(23-10-9-22-2)8-7-13(15(11)12)17(19)21/h4-8,18H,3,9-10H2,1-2H3. The molecule has 0 saturated carbocycles. The zero-order valence-corrected chi connectivity index (χ0v) is 13.1. The number of methoxy groups -OCH3 is 1. The van der Waals surface area contributed by atoms with E-state index in [2.05, 4.69) is 5.43 Å². The van der Waals surface area contributed by atoms with Gasteiger partial charge in [-0.15, -0.1) is 0 Å². The highest BCUT2D eigenvalue weighted by molar-refractivity contribution is 6.25. The van der Waals surface area contributed by atoms with E-state index in [1.807, 2.05) is 13.0 Å². The van der Waals surface area contributed by atoms with Gasteiger partial charge in [-0.25, -0.2) is 10.4 Å². The van der Waals surface area contributed by atoms with Gasteiger partial charge < -0.3 is 9.47 Å². The van der Waals surface area contributed by atoms with Crippen molar-refractivity contribution >= 4 is 22.6 Å². The van der Waals surface area contributed by atoms with Crippen LogP contribution < -0.4 is 10.2 Å². The molecule has 0 unspecified atom stereocenters. The molecule has 0 fully saturated rings. The number of hydrogen-bond acceptors (Lipinski definition) is 5. The van der Waals surface area contributed by atoms with Gasteiger partial charge in [-0.05, 0) is 18.2 Å². The second-order valence-electron chi connectivity index (χ2n) is 5.14. The summed E-state index contributed by atoms with van der Waals surface area (Å²) < 4.78 is 10.7. The molecule has 6 heteroatoms. The highest BCUT2D eigenvalue weighted by Crippen LogP contribution is 2.35. The van der Waals surface area contributed by atoms with E-state index in [0.29, 0.717) is 42.0 Å². The van der Waals surface area contributed by atoms with Crippen LogP contribution in [0.15, 0.2) is 30.3 Å². The summed E-state index contributed by atoms with van der Waals surface area (Å²) >= 11 is 0. The van der Waals surface area contributed by atoms with E-state index in [4.69, 9.17) is 9.47 Å². The van der Waals surface area contributed by atoms with Gasteiger partial charge in [0, 0.05) is 24.4 Å². The van der Waals surface area contributed by atoms with Crippen molar-refractivity contribution in [1.29, 1.82) is 0 Å². The zero-order chi connectivity index (χ0) is 16.4. The third-order valence-electron chi connectivity index (χ3n) is 3.73. The van der Waals surface area contributed by atoms with Crippen LogP contribution in [0.1, 0.15) is 27.6 Å². The van der Waals surface area contributed by atoms with Gasteiger partial charge in [0.1, 0.15) is 12.4 Å². The molecule has 1 aliphatic rings. The number of nitrogens with zero attached hydrogens (tertiary/aromatic N) is 1. The predicted molar refractivity (Wildman–Crippen MR) is 85.5 cm³/mol. The Balaban J connectivity index is 2.12. The molecule has 1 aliphatic heterocycles. The van der Waals surface area contributed by atoms with Gasteiger partial charge in [-0.2, -0.15) is 0 Å². The summed E-state index contributed by atoms with van der Waals surface area (Å²) in [6.07, 6.45) is 0. The summed E-state index contributed by atoms with van der Waals surface area (Å²) in [6, 6.07) is 8.84. The summed E-state index contributed by atoms with van der Waals surface area (Å²) in [5.41, 5.74) is 3.80. The fraction of sp³-hybridized carbons (Fsp3) is 0.294. The Labute approximate surface area is 133 Å². The molecule has 0 saturated heterocycles. The van der Waals surface area contributed by atoms with E-state index in [0.717, 1.165) is 10.4 Å². The van der Waals surface area contributed by atoms with Crippen LogP contribution in [0, 0.1) is 0 Å². The van der Waals surface area contributed by atoms with Crippen LogP contribution in [0.2, 0.25) is 0 Å². The van der Waals surface area contributed by atoms with E-state index in [1.165, 1.54) is 0 Å². The van der Waals surface area contributed by atoms with E-state index < -0.39 is 0 Å². The number of hydrazine groups is 1. The Hall–Kier alpha value is -2.44. The summed E-state index contributed by atoms with van der Waals surface area (Å²) in [5, 5.41) is 2.48. The Bertz CT molecular complexity index is 750. The average Bonchev–Trinajstić information content (AvgIpc) is 2.57. The molecule has 0 bridgehead atoms. The highest BCUT2D eigenvalue weighted by atomic mass is 16.5. The normalized spacial score (nSPS) is 13.7. The summed E-state index contributed by atoms with van der Waals surface area (Å²) in [5.74, 6) is -0.0480. The smallest absolute Gasteiger partial charge is 0.275 e. The fourth-order valence-electron chi connectivity index (χ4n) is 2.73. The first-order valence-electron chi connectivity index (χ1n) is 7.48. The van der Waals surface area contributed by atoms with Crippen molar-refractivity contribution in [1.82, 2.24) is 10.4 Å². The first-order chi connectivity index (χ1) is 11.2. The number of nitrogens with one attached hydrogen (secondary N) is 1. The maximum Gasteiger partial charge on any atom is 0.275 e. The number of benzene rings is 2. The van der Waals surface area contributed by atoms with Crippen molar-refractivity contribution in [2.45, 2.75) is 6.92 Å². The van der Waals surface area contributed by atoms with E-state index in [9.17, 15) is 9.59 Å². The minimum atomic E-state index is -0.344. The lowest BCUT2D eigenvalue weighted by Crippen LogP contribution is -2.49. The van der Waals surface area contributed by atoms with E-state index in [1.54, 1.807) is 31.4 Å². The summed E-state index contributed by atoms with van der Waals surface area (Å²) in [6.45, 7) is 3.19. The minimum absolute atomic E-state index is 0.344. The molecule has 0 radical (unpaired) electrons. The Morgan fingerprint density at radius 3 is 2.48 bits per heavy atom. The Kier molecular flexibility index (Phi) is 4.27. The summed E-state index contributed by atoms with van der Waals surface area (Å²) in [4.78, 5) is 25.1. The quantitative estimate of drug-likeness (QED) is 0.652. The van der Waals surface area contributed by atoms with E-state index in [-0.39, 0.29) is 11.8 Å². The molecule has 1 N–H and O–H groups in total. The van der Waals surface area contributed by atoms with Crippen molar-refractivity contribution in [2.24, 2.45) is 0 Å². The number of carbonyl (C=O) groups excluding carboxylic acids is 2. The van der Waals surface area contributed by atoms with Crippen LogP contribution >= 0.6 is 0 Å². The molecule has 0 aromatic heterocycles. The average molecular weight is 314 g/mol. The van der Waals surface area contributed by atoms with Gasteiger partial charge >= 0.3 is 0 Å². The molecule has 6 nitrogen and oxygen atoms in total. The molecule has 120 valence electrons. The third kappa shape index (κ3) is 2.56. The third-order valence-corrected chi connectivity index (χ3v) is 3.73. The van der Waals surface area contributed by atoms with Crippen molar-refractivity contribution in [3.63, 3.8) is 0 Å². The lowest BCUT2D eigenvalue weighted by Gasteiger charge is -2.27. The van der Waals surface area contributed by atoms with Gasteiger partial charge in [0.2, 0.25) is 0 Å². The Morgan fingerprint density at radius 2 is 1.78 bits per heavy atom. The first kappa shape index (κ1) is 15.5. The lowest BCUT2D eigenvalue weighted by atomic mass is 9.94. The minimum Gasteiger partial charge on any atom is -0.491 e.